The Labute approximate surface area is 198 Å². The second-order valence-corrected chi connectivity index (χ2v) is 8.96. The van der Waals surface area contributed by atoms with Crippen LogP contribution < -0.4 is 10.6 Å². The third kappa shape index (κ3) is 5.39. The molecule has 0 bridgehead atoms. The van der Waals surface area contributed by atoms with Crippen molar-refractivity contribution in [3.8, 4) is 11.1 Å². The number of aliphatic carboxylic acids is 1. The molecule has 8 heteroatoms. The Morgan fingerprint density at radius 1 is 1.03 bits per heavy atom. The molecule has 1 fully saturated rings. The predicted octanol–water partition coefficient (Wildman–Crippen LogP) is 3.30. The highest BCUT2D eigenvalue weighted by atomic mass is 16.5. The maximum atomic E-state index is 12.8. The highest BCUT2D eigenvalue weighted by molar-refractivity contribution is 5.86. The summed E-state index contributed by atoms with van der Waals surface area (Å²) in [6.07, 6.45) is 1.50. The van der Waals surface area contributed by atoms with Gasteiger partial charge < -0.3 is 25.2 Å². The monoisotopic (exact) mass is 466 g/mol. The fourth-order valence-electron chi connectivity index (χ4n) is 5.07. The summed E-state index contributed by atoms with van der Waals surface area (Å²) in [7, 11) is 1.46. The van der Waals surface area contributed by atoms with Gasteiger partial charge in [-0.05, 0) is 47.4 Å². The van der Waals surface area contributed by atoms with Crippen molar-refractivity contribution in [1.82, 2.24) is 10.6 Å². The van der Waals surface area contributed by atoms with Crippen LogP contribution in [0, 0.1) is 5.92 Å². The second-order valence-electron chi connectivity index (χ2n) is 8.96. The van der Waals surface area contributed by atoms with E-state index in [1.54, 1.807) is 0 Å². The van der Waals surface area contributed by atoms with E-state index in [1.165, 1.54) is 7.11 Å². The van der Waals surface area contributed by atoms with Crippen molar-refractivity contribution < 1.29 is 29.0 Å². The molecular weight excluding hydrogens is 436 g/mol. The minimum atomic E-state index is -0.904. The smallest absolute Gasteiger partial charge is 0.407 e. The van der Waals surface area contributed by atoms with E-state index in [1.807, 2.05) is 36.4 Å². The lowest BCUT2D eigenvalue weighted by atomic mass is 9.98. The van der Waals surface area contributed by atoms with Gasteiger partial charge in [-0.1, -0.05) is 48.5 Å². The number of benzene rings is 2. The number of carboxylic acid groups (broad SMARTS) is 1. The number of rotatable bonds is 9. The first-order chi connectivity index (χ1) is 16.5. The molecule has 2 aromatic carbocycles. The molecule has 1 saturated carbocycles. The summed E-state index contributed by atoms with van der Waals surface area (Å²) in [4.78, 5) is 36.3. The van der Waals surface area contributed by atoms with Gasteiger partial charge in [0.25, 0.3) is 0 Å². The number of nitrogens with one attached hydrogen (secondary N) is 2. The molecule has 0 radical (unpaired) electrons. The number of carboxylic acids is 1. The third-order valence-corrected chi connectivity index (χ3v) is 6.64. The maximum Gasteiger partial charge on any atom is 0.407 e. The number of methoxy groups -OCH3 is 1. The van der Waals surface area contributed by atoms with Crippen molar-refractivity contribution in [2.24, 2.45) is 5.92 Å². The number of hydrogen-bond donors (Lipinski definition) is 3. The van der Waals surface area contributed by atoms with Gasteiger partial charge in [0.05, 0.1) is 6.61 Å². The van der Waals surface area contributed by atoms with E-state index in [-0.39, 0.29) is 43.4 Å². The Kier molecular flexibility index (Phi) is 7.47. The minimum absolute atomic E-state index is 0.00129. The van der Waals surface area contributed by atoms with Gasteiger partial charge in [-0.25, -0.2) is 4.79 Å². The lowest BCUT2D eigenvalue weighted by Gasteiger charge is -2.21. The molecule has 0 saturated heterocycles. The summed E-state index contributed by atoms with van der Waals surface area (Å²) >= 11 is 0. The maximum absolute atomic E-state index is 12.8. The Morgan fingerprint density at radius 3 is 2.29 bits per heavy atom. The van der Waals surface area contributed by atoms with Gasteiger partial charge in [0, 0.05) is 25.5 Å². The second kappa shape index (κ2) is 10.7. The summed E-state index contributed by atoms with van der Waals surface area (Å²) in [5, 5.41) is 14.5. The molecule has 0 heterocycles. The number of fused-ring (bicyclic) bond motifs is 3. The Balaban J connectivity index is 1.33. The molecule has 3 atom stereocenters. The number of carbonyl (C=O) groups excluding carboxylic acids is 2. The first-order valence-corrected chi connectivity index (χ1v) is 11.6. The number of amides is 2. The van der Waals surface area contributed by atoms with Crippen LogP contribution in [0.3, 0.4) is 0 Å². The molecule has 8 nitrogen and oxygen atoms in total. The van der Waals surface area contributed by atoms with E-state index in [0.29, 0.717) is 12.8 Å². The average molecular weight is 467 g/mol. The molecule has 34 heavy (non-hydrogen) atoms. The van der Waals surface area contributed by atoms with Crippen LogP contribution in [0.15, 0.2) is 48.5 Å². The van der Waals surface area contributed by atoms with Crippen LogP contribution in [-0.2, 0) is 19.1 Å². The first-order valence-electron chi connectivity index (χ1n) is 11.6. The SMILES string of the molecule is COC[C@H](NC(=O)OCC1c2ccccc2-c2ccccc21)C(=O)NC1CCC(CC(=O)O)C1. The first kappa shape index (κ1) is 23.8. The van der Waals surface area contributed by atoms with Crippen molar-refractivity contribution in [3.05, 3.63) is 59.7 Å². The van der Waals surface area contributed by atoms with Crippen LogP contribution in [0.1, 0.15) is 42.7 Å². The molecule has 2 aromatic rings. The number of alkyl carbamates (subject to hydrolysis) is 1. The van der Waals surface area contributed by atoms with Crippen LogP contribution in [0.25, 0.3) is 11.1 Å². The zero-order valence-corrected chi connectivity index (χ0v) is 19.2. The summed E-state index contributed by atoms with van der Waals surface area (Å²) in [6.45, 7) is 0.155. The van der Waals surface area contributed by atoms with Crippen LogP contribution in [0.4, 0.5) is 4.79 Å². The van der Waals surface area contributed by atoms with Crippen LogP contribution >= 0.6 is 0 Å². The molecule has 2 aliphatic rings. The van der Waals surface area contributed by atoms with E-state index in [2.05, 4.69) is 22.8 Å². The summed E-state index contributed by atoms with van der Waals surface area (Å²) in [5.74, 6) is -1.21. The van der Waals surface area contributed by atoms with Crippen LogP contribution in [0.2, 0.25) is 0 Å². The largest absolute Gasteiger partial charge is 0.481 e. The van der Waals surface area contributed by atoms with Crippen molar-refractivity contribution in [3.63, 3.8) is 0 Å². The lowest BCUT2D eigenvalue weighted by molar-refractivity contribution is -0.138. The van der Waals surface area contributed by atoms with E-state index in [9.17, 15) is 14.4 Å². The Bertz CT molecular complexity index is 1010. The van der Waals surface area contributed by atoms with Crippen molar-refractivity contribution in [2.75, 3.05) is 20.3 Å². The van der Waals surface area contributed by atoms with Gasteiger partial charge in [-0.15, -0.1) is 0 Å². The Hall–Kier alpha value is -3.39. The molecule has 2 unspecified atom stereocenters. The molecule has 0 spiro atoms. The van der Waals surface area contributed by atoms with Crippen molar-refractivity contribution >= 4 is 18.0 Å². The Morgan fingerprint density at radius 2 is 1.68 bits per heavy atom. The van der Waals surface area contributed by atoms with Gasteiger partial charge >= 0.3 is 12.1 Å². The molecule has 4 rings (SSSR count). The molecule has 0 aliphatic heterocycles. The van der Waals surface area contributed by atoms with Crippen molar-refractivity contribution in [1.29, 1.82) is 0 Å². The van der Waals surface area contributed by atoms with Gasteiger partial charge in [0.2, 0.25) is 5.91 Å². The summed E-state index contributed by atoms with van der Waals surface area (Å²) in [5.41, 5.74) is 4.50. The molecule has 180 valence electrons. The molecule has 3 N–H and O–H groups in total. The molecule has 2 aliphatic carbocycles. The molecule has 0 aromatic heterocycles. The normalized spacial score (nSPS) is 19.7. The van der Waals surface area contributed by atoms with E-state index < -0.39 is 18.1 Å². The average Bonchev–Trinajstić information content (AvgIpc) is 3.38. The standard InChI is InChI=1S/C26H30N2O6/c1-33-15-23(25(31)27-17-11-10-16(12-17)13-24(29)30)28-26(32)34-14-22-20-8-4-2-6-18(20)19-7-3-5-9-21(19)22/h2-9,16-17,22-23H,10-15H2,1H3,(H,27,31)(H,28,32)(H,29,30)/t16?,17?,23-/m0/s1. The quantitative estimate of drug-likeness (QED) is 0.523. The van der Waals surface area contributed by atoms with Crippen molar-refractivity contribution in [2.45, 2.75) is 43.7 Å². The van der Waals surface area contributed by atoms with Gasteiger partial charge in [-0.2, -0.15) is 0 Å². The summed E-state index contributed by atoms with van der Waals surface area (Å²) in [6, 6.07) is 15.1. The van der Waals surface area contributed by atoms with Gasteiger partial charge in [0.15, 0.2) is 0 Å². The van der Waals surface area contributed by atoms with Crippen LogP contribution in [-0.4, -0.2) is 55.5 Å². The zero-order valence-electron chi connectivity index (χ0n) is 19.2. The zero-order chi connectivity index (χ0) is 24.1. The predicted molar refractivity (Wildman–Crippen MR) is 125 cm³/mol. The highest BCUT2D eigenvalue weighted by Crippen LogP contribution is 2.44. The number of hydrogen-bond acceptors (Lipinski definition) is 5. The van der Waals surface area contributed by atoms with E-state index >= 15 is 0 Å². The van der Waals surface area contributed by atoms with Gasteiger partial charge in [-0.3, -0.25) is 9.59 Å². The number of carbonyl (C=O) groups is 3. The topological polar surface area (TPSA) is 114 Å². The van der Waals surface area contributed by atoms with Gasteiger partial charge in [0.1, 0.15) is 12.6 Å². The number of ether oxygens (including phenoxy) is 2. The fourth-order valence-corrected chi connectivity index (χ4v) is 5.07. The lowest BCUT2D eigenvalue weighted by Crippen LogP contribution is -2.51. The highest BCUT2D eigenvalue weighted by Gasteiger charge is 2.32. The van der Waals surface area contributed by atoms with Crippen LogP contribution in [0.5, 0.6) is 0 Å². The fraction of sp³-hybridized carbons (Fsp3) is 0.423. The van der Waals surface area contributed by atoms with E-state index in [4.69, 9.17) is 14.6 Å². The summed E-state index contributed by atoms with van der Waals surface area (Å²) < 4.78 is 10.7. The van der Waals surface area contributed by atoms with E-state index in [0.717, 1.165) is 28.7 Å². The molecular formula is C26H30N2O6. The third-order valence-electron chi connectivity index (χ3n) is 6.64. The minimum Gasteiger partial charge on any atom is -0.481 e. The molecule has 2 amide bonds.